The van der Waals surface area contributed by atoms with E-state index in [9.17, 15) is 0 Å². The Balaban J connectivity index is 2.25. The molecule has 0 fully saturated rings. The summed E-state index contributed by atoms with van der Waals surface area (Å²) in [5, 5.41) is 3.25. The molecular formula is C16H20N2. The predicted molar refractivity (Wildman–Crippen MR) is 77.3 cm³/mol. The van der Waals surface area contributed by atoms with Crippen LogP contribution in [0.25, 0.3) is 11.1 Å². The van der Waals surface area contributed by atoms with Crippen molar-refractivity contribution in [3.05, 3.63) is 60.2 Å². The maximum atomic E-state index is 5.97. The summed E-state index contributed by atoms with van der Waals surface area (Å²) in [5.41, 5.74) is 9.67. The number of benzene rings is 2. The van der Waals surface area contributed by atoms with Crippen LogP contribution < -0.4 is 11.1 Å². The van der Waals surface area contributed by atoms with Crippen LogP contribution >= 0.6 is 0 Å². The zero-order valence-electron chi connectivity index (χ0n) is 10.9. The van der Waals surface area contributed by atoms with Crippen LogP contribution in [0.5, 0.6) is 0 Å². The van der Waals surface area contributed by atoms with Gasteiger partial charge in [-0.1, -0.05) is 54.6 Å². The smallest absolute Gasteiger partial charge is 0.0468 e. The first-order valence-corrected chi connectivity index (χ1v) is 6.30. The predicted octanol–water partition coefficient (Wildman–Crippen LogP) is 2.96. The summed E-state index contributed by atoms with van der Waals surface area (Å²) in [6.45, 7) is 2.02. The number of rotatable bonds is 4. The summed E-state index contributed by atoms with van der Waals surface area (Å²) >= 11 is 0. The molecule has 0 aliphatic carbocycles. The third-order valence-corrected chi connectivity index (χ3v) is 3.21. The molecule has 0 saturated carbocycles. The molecule has 0 aliphatic rings. The fourth-order valence-corrected chi connectivity index (χ4v) is 2.25. The van der Waals surface area contributed by atoms with E-state index >= 15 is 0 Å². The normalized spacial score (nSPS) is 14.2. The highest BCUT2D eigenvalue weighted by atomic mass is 14.9. The second kappa shape index (κ2) is 5.80. The van der Waals surface area contributed by atoms with Crippen LogP contribution in [0.3, 0.4) is 0 Å². The topological polar surface area (TPSA) is 38.0 Å². The highest BCUT2D eigenvalue weighted by molar-refractivity contribution is 5.63. The highest BCUT2D eigenvalue weighted by Gasteiger charge is 2.13. The number of likely N-dealkylation sites (N-methyl/N-ethyl adjacent to an activating group) is 1. The van der Waals surface area contributed by atoms with Gasteiger partial charge in [-0.15, -0.1) is 0 Å². The van der Waals surface area contributed by atoms with E-state index in [0.717, 1.165) is 0 Å². The minimum absolute atomic E-state index is 0.0950. The van der Waals surface area contributed by atoms with E-state index in [1.807, 2.05) is 20.0 Å². The summed E-state index contributed by atoms with van der Waals surface area (Å²) in [6, 6.07) is 19.3. The van der Waals surface area contributed by atoms with Gasteiger partial charge < -0.3 is 11.1 Å². The molecule has 0 radical (unpaired) electrons. The van der Waals surface area contributed by atoms with E-state index in [4.69, 9.17) is 5.73 Å². The Morgan fingerprint density at radius 1 is 0.889 bits per heavy atom. The lowest BCUT2D eigenvalue weighted by molar-refractivity contribution is 0.504. The van der Waals surface area contributed by atoms with Crippen molar-refractivity contribution in [1.82, 2.24) is 5.32 Å². The standard InChI is InChI=1S/C16H20N2/c1-12(17)16(18-2)15-10-8-14(9-11-15)13-6-4-3-5-7-13/h3-12,16,18H,17H2,1-2H3. The average molecular weight is 240 g/mol. The SMILES string of the molecule is CNC(c1ccc(-c2ccccc2)cc1)C(C)N. The largest absolute Gasteiger partial charge is 0.326 e. The average Bonchev–Trinajstić information content (AvgIpc) is 2.41. The van der Waals surface area contributed by atoms with Gasteiger partial charge in [-0.05, 0) is 30.7 Å². The van der Waals surface area contributed by atoms with Gasteiger partial charge >= 0.3 is 0 Å². The van der Waals surface area contributed by atoms with E-state index in [0.29, 0.717) is 0 Å². The lowest BCUT2D eigenvalue weighted by Crippen LogP contribution is -2.33. The Morgan fingerprint density at radius 3 is 1.94 bits per heavy atom. The van der Waals surface area contributed by atoms with Crippen molar-refractivity contribution >= 4 is 0 Å². The van der Waals surface area contributed by atoms with Crippen molar-refractivity contribution < 1.29 is 0 Å². The van der Waals surface area contributed by atoms with Gasteiger partial charge in [0.1, 0.15) is 0 Å². The Labute approximate surface area is 109 Å². The Hall–Kier alpha value is -1.64. The summed E-state index contributed by atoms with van der Waals surface area (Å²) in [6.07, 6.45) is 0. The lowest BCUT2D eigenvalue weighted by atomic mass is 9.98. The quantitative estimate of drug-likeness (QED) is 0.862. The van der Waals surface area contributed by atoms with Crippen molar-refractivity contribution in [2.45, 2.75) is 19.0 Å². The maximum Gasteiger partial charge on any atom is 0.0468 e. The minimum atomic E-state index is 0.0950. The van der Waals surface area contributed by atoms with Gasteiger partial charge in [0, 0.05) is 12.1 Å². The maximum absolute atomic E-state index is 5.97. The molecule has 18 heavy (non-hydrogen) atoms. The molecule has 2 rings (SSSR count). The van der Waals surface area contributed by atoms with Crippen LogP contribution in [0, 0.1) is 0 Å². The molecule has 2 heteroatoms. The number of nitrogens with one attached hydrogen (secondary N) is 1. The van der Waals surface area contributed by atoms with E-state index in [2.05, 4.69) is 53.8 Å². The number of hydrogen-bond acceptors (Lipinski definition) is 2. The molecule has 2 atom stereocenters. The Bertz CT molecular complexity index is 474. The van der Waals surface area contributed by atoms with Crippen LogP contribution in [-0.4, -0.2) is 13.1 Å². The van der Waals surface area contributed by atoms with Gasteiger partial charge in [0.25, 0.3) is 0 Å². The van der Waals surface area contributed by atoms with Gasteiger partial charge in [-0.25, -0.2) is 0 Å². The molecule has 0 aromatic heterocycles. The summed E-state index contributed by atoms with van der Waals surface area (Å²) in [7, 11) is 1.94. The Kier molecular flexibility index (Phi) is 4.13. The third kappa shape index (κ3) is 2.78. The van der Waals surface area contributed by atoms with Crippen molar-refractivity contribution in [2.75, 3.05) is 7.05 Å². The van der Waals surface area contributed by atoms with Crippen LogP contribution in [0.4, 0.5) is 0 Å². The molecule has 3 N–H and O–H groups in total. The second-order valence-electron chi connectivity index (χ2n) is 4.61. The summed E-state index contributed by atoms with van der Waals surface area (Å²) in [4.78, 5) is 0. The fraction of sp³-hybridized carbons (Fsp3) is 0.250. The first-order chi connectivity index (χ1) is 8.72. The minimum Gasteiger partial charge on any atom is -0.326 e. The molecule has 0 amide bonds. The lowest BCUT2D eigenvalue weighted by Gasteiger charge is -2.20. The molecule has 94 valence electrons. The molecule has 2 nitrogen and oxygen atoms in total. The van der Waals surface area contributed by atoms with Gasteiger partial charge in [-0.2, -0.15) is 0 Å². The van der Waals surface area contributed by atoms with Gasteiger partial charge in [0.15, 0.2) is 0 Å². The number of hydrogen-bond donors (Lipinski definition) is 2. The zero-order chi connectivity index (χ0) is 13.0. The molecule has 0 saturated heterocycles. The van der Waals surface area contributed by atoms with E-state index < -0.39 is 0 Å². The van der Waals surface area contributed by atoms with Crippen LogP contribution in [0.2, 0.25) is 0 Å². The van der Waals surface area contributed by atoms with Gasteiger partial charge in [0.2, 0.25) is 0 Å². The van der Waals surface area contributed by atoms with E-state index in [-0.39, 0.29) is 12.1 Å². The van der Waals surface area contributed by atoms with E-state index in [1.54, 1.807) is 0 Å². The molecule has 2 aromatic rings. The fourth-order valence-electron chi connectivity index (χ4n) is 2.25. The van der Waals surface area contributed by atoms with Crippen LogP contribution in [0.1, 0.15) is 18.5 Å². The van der Waals surface area contributed by atoms with Gasteiger partial charge in [-0.3, -0.25) is 0 Å². The van der Waals surface area contributed by atoms with Crippen LogP contribution in [-0.2, 0) is 0 Å². The first-order valence-electron chi connectivity index (χ1n) is 6.30. The third-order valence-electron chi connectivity index (χ3n) is 3.21. The Morgan fingerprint density at radius 2 is 1.44 bits per heavy atom. The molecule has 0 heterocycles. The van der Waals surface area contributed by atoms with Gasteiger partial charge in [0.05, 0.1) is 0 Å². The molecule has 0 spiro atoms. The van der Waals surface area contributed by atoms with Crippen molar-refractivity contribution in [3.8, 4) is 11.1 Å². The molecule has 2 unspecified atom stereocenters. The van der Waals surface area contributed by atoms with Crippen LogP contribution in [0.15, 0.2) is 54.6 Å². The van der Waals surface area contributed by atoms with E-state index in [1.165, 1.54) is 16.7 Å². The van der Waals surface area contributed by atoms with Crippen molar-refractivity contribution in [1.29, 1.82) is 0 Å². The molecular weight excluding hydrogens is 220 g/mol. The molecule has 0 bridgehead atoms. The zero-order valence-corrected chi connectivity index (χ0v) is 10.9. The second-order valence-corrected chi connectivity index (χ2v) is 4.61. The first kappa shape index (κ1) is 12.8. The van der Waals surface area contributed by atoms with Crippen molar-refractivity contribution in [2.24, 2.45) is 5.73 Å². The summed E-state index contributed by atoms with van der Waals surface area (Å²) < 4.78 is 0. The highest BCUT2D eigenvalue weighted by Crippen LogP contribution is 2.22. The van der Waals surface area contributed by atoms with Crippen molar-refractivity contribution in [3.63, 3.8) is 0 Å². The number of nitrogens with two attached hydrogens (primary N) is 1. The molecule has 2 aromatic carbocycles. The monoisotopic (exact) mass is 240 g/mol. The summed E-state index contributed by atoms with van der Waals surface area (Å²) in [5.74, 6) is 0. The molecule has 0 aliphatic heterocycles.